The van der Waals surface area contributed by atoms with E-state index in [9.17, 15) is 4.39 Å². The average molecular weight is 274 g/mol. The summed E-state index contributed by atoms with van der Waals surface area (Å²) in [5.74, 6) is -0.229. The van der Waals surface area contributed by atoms with Crippen LogP contribution in [0.15, 0.2) is 22.7 Å². The highest BCUT2D eigenvalue weighted by Crippen LogP contribution is 2.16. The SMILES string of the molecule is Fc1cc(Br)cc(COC2CCNC2)c1. The number of rotatable bonds is 3. The van der Waals surface area contributed by atoms with Crippen molar-refractivity contribution in [1.82, 2.24) is 5.32 Å². The standard InChI is InChI=1S/C11H13BrFNO/c12-9-3-8(4-10(13)5-9)7-15-11-1-2-14-6-11/h3-5,11,14H,1-2,6-7H2. The molecule has 1 aromatic carbocycles. The van der Waals surface area contributed by atoms with E-state index in [4.69, 9.17) is 4.74 Å². The zero-order chi connectivity index (χ0) is 10.7. The summed E-state index contributed by atoms with van der Waals surface area (Å²) in [6.07, 6.45) is 1.31. The molecule has 1 N–H and O–H groups in total. The monoisotopic (exact) mass is 273 g/mol. The van der Waals surface area contributed by atoms with Crippen LogP contribution in [-0.2, 0) is 11.3 Å². The predicted octanol–water partition coefficient (Wildman–Crippen LogP) is 2.47. The van der Waals surface area contributed by atoms with E-state index in [1.807, 2.05) is 6.07 Å². The van der Waals surface area contributed by atoms with Crippen LogP contribution in [0.25, 0.3) is 0 Å². The molecular formula is C11H13BrFNO. The first-order chi connectivity index (χ1) is 7.24. The highest BCUT2D eigenvalue weighted by Gasteiger charge is 2.14. The fraction of sp³-hybridized carbons (Fsp3) is 0.455. The Morgan fingerprint density at radius 1 is 1.47 bits per heavy atom. The number of hydrogen-bond acceptors (Lipinski definition) is 2. The lowest BCUT2D eigenvalue weighted by Crippen LogP contribution is -2.16. The summed E-state index contributed by atoms with van der Waals surface area (Å²) in [4.78, 5) is 0. The van der Waals surface area contributed by atoms with E-state index in [0.717, 1.165) is 29.5 Å². The van der Waals surface area contributed by atoms with Crippen LogP contribution in [-0.4, -0.2) is 19.2 Å². The van der Waals surface area contributed by atoms with Gasteiger partial charge in [0.05, 0.1) is 12.7 Å². The number of benzene rings is 1. The molecule has 1 saturated heterocycles. The van der Waals surface area contributed by atoms with E-state index in [1.165, 1.54) is 12.1 Å². The molecule has 0 aromatic heterocycles. The Morgan fingerprint density at radius 2 is 2.33 bits per heavy atom. The van der Waals surface area contributed by atoms with Crippen LogP contribution in [0, 0.1) is 5.82 Å². The van der Waals surface area contributed by atoms with Gasteiger partial charge in [-0.25, -0.2) is 4.39 Å². The van der Waals surface area contributed by atoms with Gasteiger partial charge in [0.2, 0.25) is 0 Å². The van der Waals surface area contributed by atoms with Gasteiger partial charge in [0.1, 0.15) is 5.82 Å². The van der Waals surface area contributed by atoms with E-state index in [0.29, 0.717) is 6.61 Å². The summed E-state index contributed by atoms with van der Waals surface area (Å²) in [6.45, 7) is 2.39. The molecule has 1 heterocycles. The Hall–Kier alpha value is -0.450. The van der Waals surface area contributed by atoms with E-state index in [-0.39, 0.29) is 11.9 Å². The third-order valence-corrected chi connectivity index (χ3v) is 2.88. The van der Waals surface area contributed by atoms with Crippen LogP contribution in [0.1, 0.15) is 12.0 Å². The van der Waals surface area contributed by atoms with Crippen molar-refractivity contribution in [2.75, 3.05) is 13.1 Å². The van der Waals surface area contributed by atoms with Crippen molar-refractivity contribution < 1.29 is 9.13 Å². The van der Waals surface area contributed by atoms with Crippen LogP contribution >= 0.6 is 15.9 Å². The van der Waals surface area contributed by atoms with Gasteiger partial charge >= 0.3 is 0 Å². The van der Waals surface area contributed by atoms with E-state index >= 15 is 0 Å². The average Bonchev–Trinajstić information content (AvgIpc) is 2.65. The number of hydrogen-bond donors (Lipinski definition) is 1. The Labute approximate surface area is 96.9 Å². The first kappa shape index (κ1) is 11.0. The van der Waals surface area contributed by atoms with Gasteiger partial charge in [-0.05, 0) is 36.7 Å². The maximum Gasteiger partial charge on any atom is 0.124 e. The summed E-state index contributed by atoms with van der Waals surface area (Å²) >= 11 is 3.26. The number of ether oxygens (including phenoxy) is 1. The summed E-state index contributed by atoms with van der Waals surface area (Å²) in [5.41, 5.74) is 0.869. The molecule has 82 valence electrons. The van der Waals surface area contributed by atoms with Crippen molar-refractivity contribution in [2.24, 2.45) is 0 Å². The second-order valence-corrected chi connectivity index (χ2v) is 4.62. The number of nitrogens with one attached hydrogen (secondary N) is 1. The van der Waals surface area contributed by atoms with Crippen molar-refractivity contribution in [3.05, 3.63) is 34.1 Å². The smallest absolute Gasteiger partial charge is 0.124 e. The molecule has 1 unspecified atom stereocenters. The van der Waals surface area contributed by atoms with Crippen molar-refractivity contribution in [2.45, 2.75) is 19.1 Å². The molecule has 0 amide bonds. The molecule has 0 spiro atoms. The highest BCUT2D eigenvalue weighted by atomic mass is 79.9. The van der Waals surface area contributed by atoms with Crippen molar-refractivity contribution in [3.63, 3.8) is 0 Å². The minimum Gasteiger partial charge on any atom is -0.372 e. The Kier molecular flexibility index (Phi) is 3.72. The zero-order valence-corrected chi connectivity index (χ0v) is 9.89. The fourth-order valence-corrected chi connectivity index (χ4v) is 2.19. The largest absolute Gasteiger partial charge is 0.372 e. The van der Waals surface area contributed by atoms with Crippen molar-refractivity contribution in [1.29, 1.82) is 0 Å². The van der Waals surface area contributed by atoms with E-state index in [1.54, 1.807) is 0 Å². The van der Waals surface area contributed by atoms with Crippen LogP contribution in [0.2, 0.25) is 0 Å². The molecule has 0 radical (unpaired) electrons. The molecule has 1 aliphatic heterocycles. The van der Waals surface area contributed by atoms with Gasteiger partial charge in [0.25, 0.3) is 0 Å². The van der Waals surface area contributed by atoms with Gasteiger partial charge in [-0.1, -0.05) is 15.9 Å². The summed E-state index contributed by atoms with van der Waals surface area (Å²) in [7, 11) is 0. The van der Waals surface area contributed by atoms with Gasteiger partial charge in [0.15, 0.2) is 0 Å². The quantitative estimate of drug-likeness (QED) is 0.914. The van der Waals surface area contributed by atoms with Crippen molar-refractivity contribution in [3.8, 4) is 0 Å². The van der Waals surface area contributed by atoms with Gasteiger partial charge < -0.3 is 10.1 Å². The molecule has 1 aliphatic rings. The third-order valence-electron chi connectivity index (χ3n) is 2.42. The molecule has 1 fully saturated rings. The normalized spacial score (nSPS) is 20.8. The van der Waals surface area contributed by atoms with Crippen LogP contribution < -0.4 is 5.32 Å². The van der Waals surface area contributed by atoms with Gasteiger partial charge in [-0.3, -0.25) is 0 Å². The zero-order valence-electron chi connectivity index (χ0n) is 8.30. The lowest BCUT2D eigenvalue weighted by Gasteiger charge is -2.10. The second kappa shape index (κ2) is 5.05. The third kappa shape index (κ3) is 3.26. The fourth-order valence-electron chi connectivity index (χ4n) is 1.68. The van der Waals surface area contributed by atoms with Crippen LogP contribution in [0.3, 0.4) is 0 Å². The molecule has 2 nitrogen and oxygen atoms in total. The minimum atomic E-state index is -0.229. The van der Waals surface area contributed by atoms with Gasteiger partial charge in [-0.15, -0.1) is 0 Å². The first-order valence-corrected chi connectivity index (χ1v) is 5.80. The molecule has 15 heavy (non-hydrogen) atoms. The maximum absolute atomic E-state index is 13.0. The second-order valence-electron chi connectivity index (χ2n) is 3.70. The molecular weight excluding hydrogens is 261 g/mol. The molecule has 0 saturated carbocycles. The predicted molar refractivity (Wildman–Crippen MR) is 60.2 cm³/mol. The summed E-state index contributed by atoms with van der Waals surface area (Å²) in [6, 6.07) is 4.83. The molecule has 2 rings (SSSR count). The minimum absolute atomic E-state index is 0.229. The number of halogens is 2. The Bertz CT molecular complexity index is 319. The summed E-state index contributed by atoms with van der Waals surface area (Å²) in [5, 5.41) is 3.22. The molecule has 0 bridgehead atoms. The van der Waals surface area contributed by atoms with Crippen molar-refractivity contribution >= 4 is 15.9 Å². The summed E-state index contributed by atoms with van der Waals surface area (Å²) < 4.78 is 19.4. The lowest BCUT2D eigenvalue weighted by atomic mass is 10.2. The lowest BCUT2D eigenvalue weighted by molar-refractivity contribution is 0.0540. The molecule has 0 aliphatic carbocycles. The topological polar surface area (TPSA) is 21.3 Å². The van der Waals surface area contributed by atoms with E-state index < -0.39 is 0 Å². The molecule has 1 atom stereocenters. The Morgan fingerprint density at radius 3 is 3.00 bits per heavy atom. The highest BCUT2D eigenvalue weighted by molar-refractivity contribution is 9.10. The van der Waals surface area contributed by atoms with Gasteiger partial charge in [0, 0.05) is 11.0 Å². The first-order valence-electron chi connectivity index (χ1n) is 5.01. The Balaban J connectivity index is 1.92. The van der Waals surface area contributed by atoms with Gasteiger partial charge in [-0.2, -0.15) is 0 Å². The maximum atomic E-state index is 13.0. The molecule has 4 heteroatoms. The van der Waals surface area contributed by atoms with Crippen LogP contribution in [0.4, 0.5) is 4.39 Å². The molecule has 1 aromatic rings. The van der Waals surface area contributed by atoms with Crippen LogP contribution in [0.5, 0.6) is 0 Å². The van der Waals surface area contributed by atoms with E-state index in [2.05, 4.69) is 21.2 Å².